The first kappa shape index (κ1) is 12.9. The topological polar surface area (TPSA) is 37.3 Å². The highest BCUT2D eigenvalue weighted by atomic mass is 16.4. The van der Waals surface area contributed by atoms with Gasteiger partial charge >= 0.3 is 5.97 Å². The molecule has 0 aromatic heterocycles. The lowest BCUT2D eigenvalue weighted by molar-refractivity contribution is -0.130. The molecule has 0 unspecified atom stereocenters. The van der Waals surface area contributed by atoms with Crippen molar-refractivity contribution < 1.29 is 9.90 Å². The van der Waals surface area contributed by atoms with E-state index in [0.717, 1.165) is 11.1 Å². The third-order valence-electron chi connectivity index (χ3n) is 2.80. The van der Waals surface area contributed by atoms with Crippen LogP contribution >= 0.6 is 0 Å². The molecule has 0 saturated heterocycles. The summed E-state index contributed by atoms with van der Waals surface area (Å²) < 4.78 is 0. The predicted octanol–water partition coefficient (Wildman–Crippen LogP) is 3.86. The maximum absolute atomic E-state index is 11.4. The highest BCUT2D eigenvalue weighted by Crippen LogP contribution is 2.17. The van der Waals surface area contributed by atoms with Crippen molar-refractivity contribution in [3.05, 3.63) is 77.5 Å². The first-order chi connectivity index (χ1) is 9.18. The van der Waals surface area contributed by atoms with Crippen LogP contribution in [-0.4, -0.2) is 11.1 Å². The Kier molecular flexibility index (Phi) is 3.97. The maximum Gasteiger partial charge on any atom is 0.344 e. The summed E-state index contributed by atoms with van der Waals surface area (Å²) >= 11 is 0. The zero-order valence-electron chi connectivity index (χ0n) is 10.6. The normalized spacial score (nSPS) is 9.53. The van der Waals surface area contributed by atoms with Crippen molar-refractivity contribution in [2.45, 2.75) is 6.92 Å². The second-order valence-electron chi connectivity index (χ2n) is 4.16. The molecule has 1 N–H and O–H groups in total. The van der Waals surface area contributed by atoms with Gasteiger partial charge in [0.05, 0.1) is 0 Å². The Bertz CT molecular complexity index is 633. The molecule has 0 spiro atoms. The monoisotopic (exact) mass is 250 g/mol. The van der Waals surface area contributed by atoms with Crippen molar-refractivity contribution in [3.8, 4) is 0 Å². The van der Waals surface area contributed by atoms with E-state index < -0.39 is 5.97 Å². The van der Waals surface area contributed by atoms with E-state index in [-0.39, 0.29) is 5.57 Å². The fourth-order valence-electron chi connectivity index (χ4n) is 1.80. The Morgan fingerprint density at radius 3 is 1.84 bits per heavy atom. The van der Waals surface area contributed by atoms with Crippen molar-refractivity contribution in [2.75, 3.05) is 0 Å². The molecule has 0 aliphatic heterocycles. The fourth-order valence-corrected chi connectivity index (χ4v) is 1.80. The minimum Gasteiger partial charge on any atom is -0.477 e. The molecule has 2 aromatic carbocycles. The third-order valence-corrected chi connectivity index (χ3v) is 2.80. The molecule has 0 fully saturated rings. The average Bonchev–Trinajstić information content (AvgIpc) is 2.46. The van der Waals surface area contributed by atoms with Gasteiger partial charge in [-0.3, -0.25) is 0 Å². The second-order valence-corrected chi connectivity index (χ2v) is 4.16. The first-order valence-corrected chi connectivity index (χ1v) is 6.00. The molecule has 2 nitrogen and oxygen atoms in total. The number of carboxylic acids is 1. The number of carboxylic acid groups (broad SMARTS) is 1. The molecule has 0 bridgehead atoms. The van der Waals surface area contributed by atoms with E-state index in [9.17, 15) is 9.90 Å². The van der Waals surface area contributed by atoms with Crippen LogP contribution in [0.5, 0.6) is 0 Å². The van der Waals surface area contributed by atoms with Crippen molar-refractivity contribution in [1.29, 1.82) is 0 Å². The van der Waals surface area contributed by atoms with Gasteiger partial charge < -0.3 is 5.11 Å². The minimum absolute atomic E-state index is 0.182. The van der Waals surface area contributed by atoms with Crippen molar-refractivity contribution in [1.82, 2.24) is 0 Å². The Balaban J connectivity index is 2.56. The number of hydrogen-bond donors (Lipinski definition) is 1. The molecular formula is C17H14O2. The summed E-state index contributed by atoms with van der Waals surface area (Å²) in [5.41, 5.74) is 5.60. The molecule has 0 heterocycles. The van der Waals surface area contributed by atoms with Crippen LogP contribution in [-0.2, 0) is 4.79 Å². The van der Waals surface area contributed by atoms with Crippen LogP contribution in [0.4, 0.5) is 0 Å². The van der Waals surface area contributed by atoms with Crippen LogP contribution in [0.1, 0.15) is 18.1 Å². The number of rotatable bonds is 3. The Labute approximate surface area is 112 Å². The van der Waals surface area contributed by atoms with Gasteiger partial charge in [-0.05, 0) is 23.6 Å². The maximum atomic E-state index is 11.4. The molecule has 2 aromatic rings. The molecule has 0 aliphatic carbocycles. The van der Waals surface area contributed by atoms with Gasteiger partial charge in [0.25, 0.3) is 0 Å². The molecule has 94 valence electrons. The fraction of sp³-hybridized carbons (Fsp3) is 0.0588. The van der Waals surface area contributed by atoms with E-state index >= 15 is 0 Å². The lowest BCUT2D eigenvalue weighted by Gasteiger charge is -2.01. The van der Waals surface area contributed by atoms with Crippen LogP contribution in [0.25, 0.3) is 11.1 Å². The summed E-state index contributed by atoms with van der Waals surface area (Å²) in [5.74, 6) is -0.971. The molecular weight excluding hydrogens is 236 g/mol. The molecule has 0 amide bonds. The molecule has 0 saturated carbocycles. The van der Waals surface area contributed by atoms with Crippen LogP contribution in [0, 0.1) is 0 Å². The van der Waals surface area contributed by atoms with E-state index in [1.165, 1.54) is 0 Å². The first-order valence-electron chi connectivity index (χ1n) is 6.00. The quantitative estimate of drug-likeness (QED) is 0.663. The molecule has 0 atom stereocenters. The average molecular weight is 250 g/mol. The van der Waals surface area contributed by atoms with E-state index in [1.54, 1.807) is 12.1 Å². The molecule has 2 rings (SSSR count). The van der Waals surface area contributed by atoms with Crippen molar-refractivity contribution >= 4 is 17.1 Å². The molecule has 0 aliphatic rings. The van der Waals surface area contributed by atoms with E-state index in [1.807, 2.05) is 55.5 Å². The second kappa shape index (κ2) is 5.85. The van der Waals surface area contributed by atoms with Gasteiger partial charge in [-0.1, -0.05) is 60.7 Å². The van der Waals surface area contributed by atoms with Crippen molar-refractivity contribution in [2.24, 2.45) is 0 Å². The van der Waals surface area contributed by atoms with Crippen LogP contribution in [0.15, 0.2) is 66.4 Å². The number of benzene rings is 2. The Hall–Kier alpha value is -2.57. The standard InChI is InChI=1S/C17H14O2/c1-13(14-8-4-2-5-9-14)12-16(17(18)19)15-10-6-3-7-11-15/h2-11H,1H3,(H,18,19). The largest absolute Gasteiger partial charge is 0.477 e. The summed E-state index contributed by atoms with van der Waals surface area (Å²) in [5, 5.41) is 9.31. The van der Waals surface area contributed by atoms with E-state index in [0.29, 0.717) is 5.56 Å². The number of hydrogen-bond acceptors (Lipinski definition) is 1. The molecule has 0 radical (unpaired) electrons. The number of carbonyl (C=O) groups is 1. The van der Waals surface area contributed by atoms with Crippen LogP contribution < -0.4 is 0 Å². The van der Waals surface area contributed by atoms with E-state index in [2.05, 4.69) is 5.73 Å². The van der Waals surface area contributed by atoms with E-state index in [4.69, 9.17) is 0 Å². The third kappa shape index (κ3) is 3.21. The minimum atomic E-state index is -0.971. The van der Waals surface area contributed by atoms with Gasteiger partial charge in [0, 0.05) is 0 Å². The number of aliphatic carboxylic acids is 1. The lowest BCUT2D eigenvalue weighted by Crippen LogP contribution is -1.98. The summed E-state index contributed by atoms with van der Waals surface area (Å²) in [7, 11) is 0. The van der Waals surface area contributed by atoms with Gasteiger partial charge in [-0.2, -0.15) is 0 Å². The zero-order chi connectivity index (χ0) is 13.7. The predicted molar refractivity (Wildman–Crippen MR) is 76.5 cm³/mol. The van der Waals surface area contributed by atoms with Gasteiger partial charge in [0.15, 0.2) is 0 Å². The lowest BCUT2D eigenvalue weighted by atomic mass is 10.0. The smallest absolute Gasteiger partial charge is 0.344 e. The van der Waals surface area contributed by atoms with Gasteiger partial charge in [-0.15, -0.1) is 5.73 Å². The summed E-state index contributed by atoms with van der Waals surface area (Å²) in [4.78, 5) is 11.4. The van der Waals surface area contributed by atoms with Gasteiger partial charge in [0.2, 0.25) is 0 Å². The van der Waals surface area contributed by atoms with Gasteiger partial charge in [0.1, 0.15) is 5.57 Å². The van der Waals surface area contributed by atoms with Gasteiger partial charge in [-0.25, -0.2) is 4.79 Å². The van der Waals surface area contributed by atoms with Crippen LogP contribution in [0.2, 0.25) is 0 Å². The zero-order valence-corrected chi connectivity index (χ0v) is 10.6. The van der Waals surface area contributed by atoms with Crippen molar-refractivity contribution in [3.63, 3.8) is 0 Å². The van der Waals surface area contributed by atoms with Crippen LogP contribution in [0.3, 0.4) is 0 Å². The molecule has 2 heteroatoms. The Morgan fingerprint density at radius 2 is 1.37 bits per heavy atom. The highest BCUT2D eigenvalue weighted by molar-refractivity contribution is 6.15. The summed E-state index contributed by atoms with van der Waals surface area (Å²) in [6.45, 7) is 1.86. The molecule has 19 heavy (non-hydrogen) atoms. The Morgan fingerprint density at radius 1 is 0.895 bits per heavy atom. The summed E-state index contributed by atoms with van der Waals surface area (Å²) in [6, 6.07) is 18.7. The SMILES string of the molecule is CC(=C=C(C(=O)O)c1ccccc1)c1ccccc1. The highest BCUT2D eigenvalue weighted by Gasteiger charge is 2.09. The summed E-state index contributed by atoms with van der Waals surface area (Å²) in [6.07, 6.45) is 0.